The van der Waals surface area contributed by atoms with Gasteiger partial charge in [-0.25, -0.2) is 18.7 Å². The second-order valence-corrected chi connectivity index (χ2v) is 7.89. The van der Waals surface area contributed by atoms with Crippen molar-refractivity contribution in [3.05, 3.63) is 111 Å². The molecule has 0 fully saturated rings. The quantitative estimate of drug-likeness (QED) is 0.300. The number of nitrogen functional groups attached to an aromatic ring is 1. The number of nitrogens with zero attached hydrogens (tertiary/aromatic N) is 4. The van der Waals surface area contributed by atoms with Gasteiger partial charge in [0.05, 0.1) is 16.8 Å². The number of anilines is 3. The van der Waals surface area contributed by atoms with Crippen molar-refractivity contribution >= 4 is 33.3 Å². The van der Waals surface area contributed by atoms with Crippen LogP contribution < -0.4 is 11.1 Å². The molecule has 2 aromatic carbocycles. The van der Waals surface area contributed by atoms with Crippen LogP contribution in [-0.4, -0.2) is 9.97 Å². The Kier molecular flexibility index (Phi) is 10.3. The summed E-state index contributed by atoms with van der Waals surface area (Å²) in [4.78, 5) is 8.18. The van der Waals surface area contributed by atoms with Crippen LogP contribution in [0.5, 0.6) is 0 Å². The lowest BCUT2D eigenvalue weighted by Gasteiger charge is -2.07. The molecule has 0 saturated heterocycles. The van der Waals surface area contributed by atoms with Crippen molar-refractivity contribution in [3.63, 3.8) is 0 Å². The van der Waals surface area contributed by atoms with Gasteiger partial charge in [0.15, 0.2) is 0 Å². The normalized spacial score (nSPS) is 9.34. The minimum absolute atomic E-state index is 0.342. The van der Waals surface area contributed by atoms with Crippen LogP contribution in [0.15, 0.2) is 77.3 Å². The fourth-order valence-electron chi connectivity index (χ4n) is 2.61. The summed E-state index contributed by atoms with van der Waals surface area (Å²) in [7, 11) is 0. The Bertz CT molecular complexity index is 1360. The molecule has 2 heterocycles. The van der Waals surface area contributed by atoms with Gasteiger partial charge in [-0.2, -0.15) is 10.5 Å². The van der Waals surface area contributed by atoms with Crippen LogP contribution in [0, 0.1) is 48.1 Å². The summed E-state index contributed by atoms with van der Waals surface area (Å²) in [6.45, 7) is 3.78. The average Bonchev–Trinajstić information content (AvgIpc) is 2.80. The van der Waals surface area contributed by atoms with Crippen molar-refractivity contribution in [3.8, 4) is 12.1 Å². The van der Waals surface area contributed by atoms with E-state index in [0.717, 1.165) is 11.4 Å². The maximum Gasteiger partial charge on any atom is 0.130 e. The average molecular weight is 535 g/mol. The van der Waals surface area contributed by atoms with E-state index in [2.05, 4.69) is 31.2 Å². The molecule has 0 aliphatic carbocycles. The van der Waals surface area contributed by atoms with Crippen molar-refractivity contribution in [2.24, 2.45) is 0 Å². The van der Waals surface area contributed by atoms with Gasteiger partial charge in [0.1, 0.15) is 35.4 Å². The lowest BCUT2D eigenvalue weighted by Crippen LogP contribution is -1.97. The van der Waals surface area contributed by atoms with Crippen LogP contribution in [0.4, 0.5) is 26.1 Å². The van der Waals surface area contributed by atoms with Gasteiger partial charge in [0.25, 0.3) is 0 Å². The highest BCUT2D eigenvalue weighted by atomic mass is 79.9. The molecule has 0 atom stereocenters. The molecule has 0 amide bonds. The predicted molar refractivity (Wildman–Crippen MR) is 136 cm³/mol. The zero-order valence-electron chi connectivity index (χ0n) is 18.9. The van der Waals surface area contributed by atoms with Gasteiger partial charge < -0.3 is 11.1 Å². The number of halogens is 3. The third-order valence-electron chi connectivity index (χ3n) is 4.21. The van der Waals surface area contributed by atoms with Crippen LogP contribution >= 0.6 is 15.9 Å². The first kappa shape index (κ1) is 26.9. The zero-order chi connectivity index (χ0) is 25.8. The molecule has 4 rings (SSSR count). The topological polar surface area (TPSA) is 111 Å². The van der Waals surface area contributed by atoms with Crippen molar-refractivity contribution in [2.45, 2.75) is 13.8 Å². The fraction of sp³-hybridized carbons (Fsp3) is 0.0769. The summed E-state index contributed by atoms with van der Waals surface area (Å²) in [5.41, 5.74) is 8.41. The van der Waals surface area contributed by atoms with Gasteiger partial charge in [0, 0.05) is 15.9 Å². The number of pyridine rings is 2. The summed E-state index contributed by atoms with van der Waals surface area (Å²) in [5, 5.41) is 20.2. The second-order valence-electron chi connectivity index (χ2n) is 7.03. The molecule has 3 N–H and O–H groups in total. The van der Waals surface area contributed by atoms with Crippen molar-refractivity contribution in [2.75, 3.05) is 11.1 Å². The van der Waals surface area contributed by atoms with Crippen molar-refractivity contribution < 1.29 is 8.78 Å². The number of hydrogen-bond acceptors (Lipinski definition) is 6. The van der Waals surface area contributed by atoms with Gasteiger partial charge in [-0.3, -0.25) is 0 Å². The highest BCUT2D eigenvalue weighted by Crippen LogP contribution is 2.20. The number of benzene rings is 2. The van der Waals surface area contributed by atoms with Crippen molar-refractivity contribution in [1.82, 2.24) is 9.97 Å². The summed E-state index contributed by atoms with van der Waals surface area (Å²) in [6, 6.07) is 22.9. The minimum Gasteiger partial charge on any atom is -0.384 e. The third kappa shape index (κ3) is 9.20. The van der Waals surface area contributed by atoms with Crippen LogP contribution in [0.2, 0.25) is 0 Å². The Morgan fingerprint density at radius 3 is 1.89 bits per heavy atom. The Morgan fingerprint density at radius 1 is 0.800 bits per heavy atom. The molecule has 0 unspecified atom stereocenters. The van der Waals surface area contributed by atoms with Gasteiger partial charge >= 0.3 is 0 Å². The number of nitriles is 2. The lowest BCUT2D eigenvalue weighted by molar-refractivity contribution is 0.626. The monoisotopic (exact) mass is 534 g/mol. The third-order valence-corrected chi connectivity index (χ3v) is 4.87. The van der Waals surface area contributed by atoms with Gasteiger partial charge in [-0.1, -0.05) is 12.1 Å². The number of aryl methyl sites for hydroxylation is 2. The zero-order valence-corrected chi connectivity index (χ0v) is 20.5. The molecule has 176 valence electrons. The molecule has 0 saturated carbocycles. The Balaban J connectivity index is 0.000000204. The molecular weight excluding hydrogens is 514 g/mol. The van der Waals surface area contributed by atoms with E-state index in [9.17, 15) is 8.78 Å². The van der Waals surface area contributed by atoms with E-state index in [1.54, 1.807) is 12.1 Å². The molecule has 6 nitrogen and oxygen atoms in total. The SMILES string of the molecule is Cc1cccc(N)n1.Cc1cccc(Nc2cc(F)ccc2C#N)n1.N#Cc1ccc(F)cc1Br. The van der Waals surface area contributed by atoms with Crippen LogP contribution in [0.1, 0.15) is 22.5 Å². The Labute approximate surface area is 210 Å². The molecule has 0 bridgehead atoms. The molecule has 0 spiro atoms. The number of nitrogens with one attached hydrogen (secondary N) is 1. The molecule has 4 aromatic rings. The first-order valence-electron chi connectivity index (χ1n) is 10.2. The van der Waals surface area contributed by atoms with Crippen LogP contribution in [-0.2, 0) is 0 Å². The summed E-state index contributed by atoms with van der Waals surface area (Å²) in [6.07, 6.45) is 0. The van der Waals surface area contributed by atoms with Gasteiger partial charge in [-0.05, 0) is 90.4 Å². The van der Waals surface area contributed by atoms with E-state index in [0.29, 0.717) is 32.9 Å². The molecule has 9 heteroatoms. The van der Waals surface area contributed by atoms with Crippen LogP contribution in [0.25, 0.3) is 0 Å². The number of aromatic nitrogens is 2. The standard InChI is InChI=1S/C13H10FN3.C7H3BrFN.C6H8N2/c1-9-3-2-4-13(16-9)17-12-7-11(14)6-5-10(12)8-15;8-7-3-6(9)2-1-5(7)4-10;1-5-3-2-4-6(7)8-5/h2-7H,1H3,(H,16,17);1-3H;2-4H,1H3,(H2,7,8). The maximum absolute atomic E-state index is 13.1. The molecule has 0 aliphatic heterocycles. The summed E-state index contributed by atoms with van der Waals surface area (Å²) < 4.78 is 25.9. The number of nitrogens with two attached hydrogens (primary N) is 1. The van der Waals surface area contributed by atoms with E-state index in [1.807, 2.05) is 50.3 Å². The summed E-state index contributed by atoms with van der Waals surface area (Å²) >= 11 is 3.04. The molecular formula is C26H21BrF2N6. The summed E-state index contributed by atoms with van der Waals surface area (Å²) in [5.74, 6) is 0.446. The fourth-order valence-corrected chi connectivity index (χ4v) is 3.05. The smallest absolute Gasteiger partial charge is 0.130 e. The Hall–Kier alpha value is -4.34. The molecule has 0 radical (unpaired) electrons. The van der Waals surface area contributed by atoms with E-state index in [4.69, 9.17) is 16.3 Å². The van der Waals surface area contributed by atoms with Crippen LogP contribution in [0.3, 0.4) is 0 Å². The van der Waals surface area contributed by atoms with Gasteiger partial charge in [0.2, 0.25) is 0 Å². The second kappa shape index (κ2) is 13.4. The van der Waals surface area contributed by atoms with E-state index in [-0.39, 0.29) is 11.6 Å². The lowest BCUT2D eigenvalue weighted by atomic mass is 10.2. The predicted octanol–water partition coefficient (Wildman–Crippen LogP) is 6.58. The molecule has 2 aromatic heterocycles. The van der Waals surface area contributed by atoms with E-state index < -0.39 is 0 Å². The number of rotatable bonds is 2. The van der Waals surface area contributed by atoms with Gasteiger partial charge in [-0.15, -0.1) is 0 Å². The first-order valence-corrected chi connectivity index (χ1v) is 11.0. The number of hydrogen-bond donors (Lipinski definition) is 2. The minimum atomic E-state index is -0.390. The van der Waals surface area contributed by atoms with E-state index in [1.165, 1.54) is 36.4 Å². The molecule has 35 heavy (non-hydrogen) atoms. The first-order chi connectivity index (χ1) is 16.7. The highest BCUT2D eigenvalue weighted by Gasteiger charge is 2.04. The maximum atomic E-state index is 13.1. The largest absolute Gasteiger partial charge is 0.384 e. The molecule has 0 aliphatic rings. The Morgan fingerprint density at radius 2 is 1.37 bits per heavy atom. The highest BCUT2D eigenvalue weighted by molar-refractivity contribution is 9.10. The van der Waals surface area contributed by atoms with Crippen molar-refractivity contribution in [1.29, 1.82) is 10.5 Å². The van der Waals surface area contributed by atoms with E-state index >= 15 is 0 Å².